The quantitative estimate of drug-likeness (QED) is 0.550. The lowest BCUT2D eigenvalue weighted by molar-refractivity contribution is -0.136. The number of Topliss-reactive ketones (excluding diaryl/α,β-unsaturated/α-hetero) is 1. The van der Waals surface area contributed by atoms with Crippen molar-refractivity contribution in [3.63, 3.8) is 0 Å². The normalized spacial score (nSPS) is 14.6. The van der Waals surface area contributed by atoms with E-state index in [1.54, 1.807) is 6.92 Å². The lowest BCUT2D eigenvalue weighted by atomic mass is 9.93. The summed E-state index contributed by atoms with van der Waals surface area (Å²) >= 11 is 0. The molecule has 0 rings (SSSR count). The first-order valence-corrected chi connectivity index (χ1v) is 7.30. The summed E-state index contributed by atoms with van der Waals surface area (Å²) in [7, 11) is 0. The summed E-state index contributed by atoms with van der Waals surface area (Å²) in [5.41, 5.74) is -1.10. The number of carbonyl (C=O) groups is 1. The Labute approximate surface area is 107 Å². The predicted octanol–water partition coefficient (Wildman–Crippen LogP) is 4.25. The van der Waals surface area contributed by atoms with Gasteiger partial charge in [-0.25, -0.2) is 0 Å². The molecule has 0 radical (unpaired) electrons. The topological polar surface area (TPSA) is 37.3 Å². The Kier molecular flexibility index (Phi) is 9.43. The second-order valence-corrected chi connectivity index (χ2v) is 5.28. The number of hydrogen-bond acceptors (Lipinski definition) is 2. The highest BCUT2D eigenvalue weighted by atomic mass is 16.3. The first kappa shape index (κ1) is 16.6. The molecule has 0 amide bonds. The molecule has 2 heteroatoms. The van der Waals surface area contributed by atoms with Gasteiger partial charge >= 0.3 is 0 Å². The van der Waals surface area contributed by atoms with Gasteiger partial charge in [0.1, 0.15) is 5.60 Å². The molecule has 0 heterocycles. The minimum absolute atomic E-state index is 0.00554. The Balaban J connectivity index is 3.37. The second kappa shape index (κ2) is 9.64. The van der Waals surface area contributed by atoms with E-state index in [2.05, 4.69) is 6.92 Å². The van der Waals surface area contributed by atoms with Gasteiger partial charge in [0.05, 0.1) is 0 Å². The minimum Gasteiger partial charge on any atom is -0.382 e. The third-order valence-corrected chi connectivity index (χ3v) is 3.55. The lowest BCUT2D eigenvalue weighted by Crippen LogP contribution is -2.33. The standard InChI is InChI=1S/C15H30O2/c1-4-6-7-8-9-10-11-12-13-14(16)15(3,17)5-2/h17H,4-13H2,1-3H3. The fraction of sp³-hybridized carbons (Fsp3) is 0.933. The van der Waals surface area contributed by atoms with Crippen molar-refractivity contribution in [3.05, 3.63) is 0 Å². The molecule has 0 aromatic carbocycles. The van der Waals surface area contributed by atoms with Crippen LogP contribution in [0.3, 0.4) is 0 Å². The smallest absolute Gasteiger partial charge is 0.164 e. The fourth-order valence-electron chi connectivity index (χ4n) is 1.89. The third-order valence-electron chi connectivity index (χ3n) is 3.55. The molecule has 1 unspecified atom stereocenters. The van der Waals surface area contributed by atoms with Crippen molar-refractivity contribution in [2.45, 2.75) is 90.6 Å². The molecule has 17 heavy (non-hydrogen) atoms. The minimum atomic E-state index is -1.10. The zero-order chi connectivity index (χ0) is 13.1. The number of rotatable bonds is 11. The van der Waals surface area contributed by atoms with Crippen LogP contribution >= 0.6 is 0 Å². The number of ketones is 1. The first-order valence-electron chi connectivity index (χ1n) is 7.30. The van der Waals surface area contributed by atoms with Crippen molar-refractivity contribution < 1.29 is 9.90 Å². The van der Waals surface area contributed by atoms with Crippen LogP contribution in [0.1, 0.15) is 85.0 Å². The van der Waals surface area contributed by atoms with Gasteiger partial charge < -0.3 is 5.11 Å². The van der Waals surface area contributed by atoms with Gasteiger partial charge in [-0.2, -0.15) is 0 Å². The summed E-state index contributed by atoms with van der Waals surface area (Å²) in [6.07, 6.45) is 10.9. The molecule has 0 aliphatic rings. The van der Waals surface area contributed by atoms with Crippen molar-refractivity contribution in [3.8, 4) is 0 Å². The molecule has 0 saturated heterocycles. The largest absolute Gasteiger partial charge is 0.382 e. The van der Waals surface area contributed by atoms with Crippen molar-refractivity contribution in [2.24, 2.45) is 0 Å². The summed E-state index contributed by atoms with van der Waals surface area (Å²) in [6, 6.07) is 0. The molecule has 1 atom stereocenters. The maximum atomic E-state index is 11.6. The lowest BCUT2D eigenvalue weighted by Gasteiger charge is -2.19. The third kappa shape index (κ3) is 8.37. The van der Waals surface area contributed by atoms with Crippen LogP contribution in [0.2, 0.25) is 0 Å². The van der Waals surface area contributed by atoms with Crippen LogP contribution in [0.25, 0.3) is 0 Å². The molecule has 0 fully saturated rings. The van der Waals surface area contributed by atoms with Gasteiger partial charge in [-0.3, -0.25) is 4.79 Å². The van der Waals surface area contributed by atoms with E-state index in [0.29, 0.717) is 12.8 Å². The number of hydrogen-bond donors (Lipinski definition) is 1. The number of carbonyl (C=O) groups excluding carboxylic acids is 1. The van der Waals surface area contributed by atoms with Crippen LogP contribution in [0, 0.1) is 0 Å². The van der Waals surface area contributed by atoms with Gasteiger partial charge in [0.25, 0.3) is 0 Å². The predicted molar refractivity (Wildman–Crippen MR) is 73.1 cm³/mol. The van der Waals surface area contributed by atoms with Gasteiger partial charge in [0.15, 0.2) is 5.78 Å². The summed E-state index contributed by atoms with van der Waals surface area (Å²) in [5, 5.41) is 9.74. The molecule has 102 valence electrons. The summed E-state index contributed by atoms with van der Waals surface area (Å²) in [5.74, 6) is 0.00554. The van der Waals surface area contributed by atoms with Crippen LogP contribution in [0.4, 0.5) is 0 Å². The van der Waals surface area contributed by atoms with Crippen LogP contribution in [0.5, 0.6) is 0 Å². The summed E-state index contributed by atoms with van der Waals surface area (Å²) in [4.78, 5) is 11.6. The van der Waals surface area contributed by atoms with Crippen molar-refractivity contribution >= 4 is 5.78 Å². The zero-order valence-electron chi connectivity index (χ0n) is 11.9. The van der Waals surface area contributed by atoms with E-state index in [4.69, 9.17) is 0 Å². The second-order valence-electron chi connectivity index (χ2n) is 5.28. The van der Waals surface area contributed by atoms with Crippen LogP contribution < -0.4 is 0 Å². The van der Waals surface area contributed by atoms with Gasteiger partial charge in [0.2, 0.25) is 0 Å². The molecule has 0 aromatic rings. The van der Waals surface area contributed by atoms with Crippen molar-refractivity contribution in [2.75, 3.05) is 0 Å². The molecule has 0 aromatic heterocycles. The van der Waals surface area contributed by atoms with Gasteiger partial charge in [-0.05, 0) is 19.8 Å². The Morgan fingerprint density at radius 2 is 1.41 bits per heavy atom. The van der Waals surface area contributed by atoms with Gasteiger partial charge in [-0.1, -0.05) is 58.8 Å². The van der Waals surface area contributed by atoms with E-state index < -0.39 is 5.60 Å². The molecule has 1 N–H and O–H groups in total. The van der Waals surface area contributed by atoms with Crippen LogP contribution in [0.15, 0.2) is 0 Å². The SMILES string of the molecule is CCCCCCCCCCC(=O)C(C)(O)CC. The van der Waals surface area contributed by atoms with E-state index in [1.165, 1.54) is 38.5 Å². The highest BCUT2D eigenvalue weighted by molar-refractivity contribution is 5.86. The Bertz CT molecular complexity index is 197. The Morgan fingerprint density at radius 1 is 0.941 bits per heavy atom. The summed E-state index contributed by atoms with van der Waals surface area (Å²) in [6.45, 7) is 5.71. The molecule has 0 saturated carbocycles. The van der Waals surface area contributed by atoms with E-state index in [9.17, 15) is 9.90 Å². The maximum absolute atomic E-state index is 11.6. The number of aliphatic hydroxyl groups is 1. The van der Waals surface area contributed by atoms with E-state index in [1.807, 2.05) is 6.92 Å². The maximum Gasteiger partial charge on any atom is 0.164 e. The average Bonchev–Trinajstić information content (AvgIpc) is 2.32. The molecule has 0 bridgehead atoms. The molecule has 0 spiro atoms. The van der Waals surface area contributed by atoms with E-state index in [-0.39, 0.29) is 5.78 Å². The average molecular weight is 242 g/mol. The fourth-order valence-corrected chi connectivity index (χ4v) is 1.89. The number of unbranched alkanes of at least 4 members (excludes halogenated alkanes) is 7. The van der Waals surface area contributed by atoms with E-state index >= 15 is 0 Å². The van der Waals surface area contributed by atoms with E-state index in [0.717, 1.165) is 12.8 Å². The first-order chi connectivity index (χ1) is 8.04. The molecular weight excluding hydrogens is 212 g/mol. The Hall–Kier alpha value is -0.370. The molecular formula is C15H30O2. The molecule has 0 aliphatic heterocycles. The Morgan fingerprint density at radius 3 is 1.88 bits per heavy atom. The van der Waals surface area contributed by atoms with Gasteiger partial charge in [0, 0.05) is 6.42 Å². The van der Waals surface area contributed by atoms with Crippen LogP contribution in [-0.2, 0) is 4.79 Å². The monoisotopic (exact) mass is 242 g/mol. The summed E-state index contributed by atoms with van der Waals surface area (Å²) < 4.78 is 0. The van der Waals surface area contributed by atoms with Crippen molar-refractivity contribution in [1.82, 2.24) is 0 Å². The van der Waals surface area contributed by atoms with Crippen molar-refractivity contribution in [1.29, 1.82) is 0 Å². The van der Waals surface area contributed by atoms with Gasteiger partial charge in [-0.15, -0.1) is 0 Å². The highest BCUT2D eigenvalue weighted by Gasteiger charge is 2.26. The van der Waals surface area contributed by atoms with Crippen LogP contribution in [-0.4, -0.2) is 16.5 Å². The highest BCUT2D eigenvalue weighted by Crippen LogP contribution is 2.15. The molecule has 0 aliphatic carbocycles. The zero-order valence-corrected chi connectivity index (χ0v) is 11.9. The molecule has 2 nitrogen and oxygen atoms in total.